The summed E-state index contributed by atoms with van der Waals surface area (Å²) in [6, 6.07) is 16.5. The zero-order chi connectivity index (χ0) is 18.9. The maximum Gasteiger partial charge on any atom is 0.303 e. The van der Waals surface area contributed by atoms with Crippen LogP contribution in [0.3, 0.4) is 0 Å². The Labute approximate surface area is 160 Å². The van der Waals surface area contributed by atoms with Crippen LogP contribution in [0.1, 0.15) is 43.2 Å². The second-order valence-corrected chi connectivity index (χ2v) is 6.87. The van der Waals surface area contributed by atoms with Gasteiger partial charge < -0.3 is 14.8 Å². The monoisotopic (exact) mass is 365 g/mol. The summed E-state index contributed by atoms with van der Waals surface area (Å²) in [6.45, 7) is 0.650. The van der Waals surface area contributed by atoms with Gasteiger partial charge in [-0.1, -0.05) is 49.2 Å². The van der Waals surface area contributed by atoms with Crippen LogP contribution in [-0.4, -0.2) is 22.7 Å². The molecule has 3 aromatic rings. The highest BCUT2D eigenvalue weighted by molar-refractivity contribution is 5.83. The first kappa shape index (κ1) is 19.0. The van der Waals surface area contributed by atoms with Crippen molar-refractivity contribution in [2.24, 2.45) is 0 Å². The van der Waals surface area contributed by atoms with E-state index in [0.29, 0.717) is 6.61 Å². The van der Waals surface area contributed by atoms with Gasteiger partial charge in [0.1, 0.15) is 5.75 Å². The van der Waals surface area contributed by atoms with Gasteiger partial charge in [-0.3, -0.25) is 4.79 Å². The molecule has 0 atom stereocenters. The topological polar surface area (TPSA) is 62.3 Å². The quantitative estimate of drug-likeness (QED) is 0.449. The van der Waals surface area contributed by atoms with Crippen molar-refractivity contribution in [3.05, 3.63) is 65.9 Å². The second-order valence-electron chi connectivity index (χ2n) is 6.87. The highest BCUT2D eigenvalue weighted by Crippen LogP contribution is 2.22. The van der Waals surface area contributed by atoms with Crippen LogP contribution in [0.2, 0.25) is 0 Å². The van der Waals surface area contributed by atoms with E-state index >= 15 is 0 Å². The number of hydrogen-bond acceptors (Lipinski definition) is 2. The number of aryl methyl sites for hydroxylation is 1. The summed E-state index contributed by atoms with van der Waals surface area (Å²) in [5.41, 5.74) is 3.67. The molecule has 0 fully saturated rings. The van der Waals surface area contributed by atoms with E-state index in [0.717, 1.165) is 49.8 Å². The molecule has 0 aliphatic heterocycles. The molecule has 27 heavy (non-hydrogen) atoms. The van der Waals surface area contributed by atoms with Crippen LogP contribution >= 0.6 is 0 Å². The Morgan fingerprint density at radius 1 is 0.889 bits per heavy atom. The second kappa shape index (κ2) is 9.81. The fraction of sp³-hybridized carbons (Fsp3) is 0.348. The van der Waals surface area contributed by atoms with Crippen LogP contribution in [0.25, 0.3) is 10.9 Å². The van der Waals surface area contributed by atoms with E-state index < -0.39 is 5.97 Å². The van der Waals surface area contributed by atoms with E-state index in [4.69, 9.17) is 9.84 Å². The maximum absolute atomic E-state index is 10.5. The molecule has 4 nitrogen and oxygen atoms in total. The number of carboxylic acid groups (broad SMARTS) is 1. The first-order chi connectivity index (χ1) is 13.2. The van der Waals surface area contributed by atoms with Gasteiger partial charge in [-0.25, -0.2) is 0 Å². The summed E-state index contributed by atoms with van der Waals surface area (Å²) in [6.07, 6.45) is 8.02. The Morgan fingerprint density at radius 2 is 1.67 bits per heavy atom. The molecule has 4 heteroatoms. The number of hydrogen-bond donors (Lipinski definition) is 2. The first-order valence-electron chi connectivity index (χ1n) is 9.71. The van der Waals surface area contributed by atoms with E-state index in [-0.39, 0.29) is 6.42 Å². The predicted octanol–water partition coefficient (Wildman–Crippen LogP) is 5.37. The molecule has 3 rings (SSSR count). The lowest BCUT2D eigenvalue weighted by atomic mass is 10.0. The van der Waals surface area contributed by atoms with E-state index in [1.54, 1.807) is 0 Å². The number of rotatable bonds is 11. The van der Waals surface area contributed by atoms with Crippen LogP contribution in [0.5, 0.6) is 5.75 Å². The number of carboxylic acids is 1. The number of carbonyl (C=O) groups is 1. The Bertz CT molecular complexity index is 869. The fourth-order valence-corrected chi connectivity index (χ4v) is 3.41. The zero-order valence-electron chi connectivity index (χ0n) is 15.6. The number of aromatic amines is 1. The van der Waals surface area contributed by atoms with Gasteiger partial charge in [0.25, 0.3) is 0 Å². The van der Waals surface area contributed by atoms with Crippen molar-refractivity contribution in [1.82, 2.24) is 4.98 Å². The number of benzene rings is 2. The smallest absolute Gasteiger partial charge is 0.303 e. The average Bonchev–Trinajstić information content (AvgIpc) is 3.09. The lowest BCUT2D eigenvalue weighted by Crippen LogP contribution is -2.03. The minimum Gasteiger partial charge on any atom is -0.493 e. The highest BCUT2D eigenvalue weighted by atomic mass is 16.5. The van der Waals surface area contributed by atoms with Gasteiger partial charge in [-0.05, 0) is 42.5 Å². The van der Waals surface area contributed by atoms with Gasteiger partial charge in [-0.15, -0.1) is 0 Å². The summed E-state index contributed by atoms with van der Waals surface area (Å²) in [5, 5.41) is 9.94. The molecule has 0 aliphatic carbocycles. The number of aromatic nitrogens is 1. The summed E-state index contributed by atoms with van der Waals surface area (Å²) in [4.78, 5) is 13.8. The van der Waals surface area contributed by atoms with Crippen molar-refractivity contribution >= 4 is 16.9 Å². The third-order valence-electron chi connectivity index (χ3n) is 4.86. The summed E-state index contributed by atoms with van der Waals surface area (Å²) in [5.74, 6) is 0.256. The molecule has 1 heterocycles. The number of ether oxygens (including phenoxy) is 1. The van der Waals surface area contributed by atoms with Crippen LogP contribution in [0.15, 0.2) is 54.7 Å². The number of para-hydroxylation sites is 2. The van der Waals surface area contributed by atoms with Crippen LogP contribution in [-0.2, 0) is 17.6 Å². The molecule has 0 bridgehead atoms. The van der Waals surface area contributed by atoms with Crippen LogP contribution in [0.4, 0.5) is 0 Å². The lowest BCUT2D eigenvalue weighted by molar-refractivity contribution is -0.137. The van der Waals surface area contributed by atoms with Gasteiger partial charge in [-0.2, -0.15) is 0 Å². The molecule has 2 N–H and O–H groups in total. The number of unbranched alkanes of at least 4 members (excludes halogenated alkanes) is 3. The van der Waals surface area contributed by atoms with Gasteiger partial charge in [0, 0.05) is 29.9 Å². The summed E-state index contributed by atoms with van der Waals surface area (Å²) in [7, 11) is 0. The van der Waals surface area contributed by atoms with Crippen molar-refractivity contribution < 1.29 is 14.6 Å². The number of aliphatic carboxylic acids is 1. The van der Waals surface area contributed by atoms with Crippen LogP contribution < -0.4 is 4.74 Å². The highest BCUT2D eigenvalue weighted by Gasteiger charge is 2.06. The third kappa shape index (κ3) is 5.61. The SMILES string of the molecule is O=C(O)CCCCCCc1ccccc1OCCc1c[nH]c2ccccc12. The minimum atomic E-state index is -0.705. The Hall–Kier alpha value is -2.75. The first-order valence-corrected chi connectivity index (χ1v) is 9.71. The largest absolute Gasteiger partial charge is 0.493 e. The number of nitrogens with one attached hydrogen (secondary N) is 1. The van der Waals surface area contributed by atoms with Gasteiger partial charge in [0.2, 0.25) is 0 Å². The molecule has 0 aliphatic rings. The van der Waals surface area contributed by atoms with E-state index in [2.05, 4.69) is 35.4 Å². The number of H-pyrrole nitrogens is 1. The molecule has 0 amide bonds. The molecular formula is C23H27NO3. The van der Waals surface area contributed by atoms with Crippen molar-refractivity contribution in [3.8, 4) is 5.75 Å². The van der Waals surface area contributed by atoms with E-state index in [1.807, 2.05) is 24.3 Å². The zero-order valence-corrected chi connectivity index (χ0v) is 15.6. The Balaban J connectivity index is 1.47. The van der Waals surface area contributed by atoms with Gasteiger partial charge >= 0.3 is 5.97 Å². The van der Waals surface area contributed by atoms with Crippen molar-refractivity contribution in [2.45, 2.75) is 44.9 Å². The fourth-order valence-electron chi connectivity index (χ4n) is 3.41. The predicted molar refractivity (Wildman–Crippen MR) is 108 cm³/mol. The summed E-state index contributed by atoms with van der Waals surface area (Å²) >= 11 is 0. The lowest BCUT2D eigenvalue weighted by Gasteiger charge is -2.11. The normalized spacial score (nSPS) is 11.0. The molecule has 0 saturated carbocycles. The molecule has 142 valence electrons. The molecular weight excluding hydrogens is 338 g/mol. The Kier molecular flexibility index (Phi) is 6.91. The van der Waals surface area contributed by atoms with Crippen molar-refractivity contribution in [3.63, 3.8) is 0 Å². The molecule has 0 spiro atoms. The van der Waals surface area contributed by atoms with E-state index in [9.17, 15) is 4.79 Å². The molecule has 1 aromatic heterocycles. The summed E-state index contributed by atoms with van der Waals surface area (Å²) < 4.78 is 6.08. The molecule has 0 unspecified atom stereocenters. The van der Waals surface area contributed by atoms with E-state index in [1.165, 1.54) is 16.5 Å². The van der Waals surface area contributed by atoms with Gasteiger partial charge in [0.15, 0.2) is 0 Å². The van der Waals surface area contributed by atoms with Crippen molar-refractivity contribution in [1.29, 1.82) is 0 Å². The average molecular weight is 365 g/mol. The maximum atomic E-state index is 10.5. The van der Waals surface area contributed by atoms with Crippen LogP contribution in [0, 0.1) is 0 Å². The standard InChI is InChI=1S/C23H27NO3/c25-23(26)14-4-2-1-3-9-18-10-5-8-13-22(18)27-16-15-19-17-24-21-12-7-6-11-20(19)21/h5-8,10-13,17,24H,1-4,9,14-16H2,(H,25,26). The van der Waals surface area contributed by atoms with Gasteiger partial charge in [0.05, 0.1) is 6.61 Å². The minimum absolute atomic E-state index is 0.271. The molecule has 0 saturated heterocycles. The Morgan fingerprint density at radius 3 is 2.56 bits per heavy atom. The third-order valence-corrected chi connectivity index (χ3v) is 4.86. The number of fused-ring (bicyclic) bond motifs is 1. The van der Waals surface area contributed by atoms with Crippen molar-refractivity contribution in [2.75, 3.05) is 6.61 Å². The molecule has 2 aromatic carbocycles. The molecule has 0 radical (unpaired) electrons.